The third kappa shape index (κ3) is 6.34. The molecule has 0 unspecified atom stereocenters. The number of rotatable bonds is 9. The first kappa shape index (κ1) is 18.6. The van der Waals surface area contributed by atoms with E-state index >= 15 is 0 Å². The van der Waals surface area contributed by atoms with E-state index < -0.39 is 11.9 Å². The lowest BCUT2D eigenvalue weighted by molar-refractivity contribution is -0.368. The summed E-state index contributed by atoms with van der Waals surface area (Å²) in [5.74, 6) is -1.49. The summed E-state index contributed by atoms with van der Waals surface area (Å²) in [6, 6.07) is 16.4. The highest BCUT2D eigenvalue weighted by molar-refractivity contribution is 5.89. The van der Waals surface area contributed by atoms with Crippen LogP contribution >= 0.6 is 0 Å². The Morgan fingerprint density at radius 2 is 1.16 bits per heavy atom. The Bertz CT molecular complexity index is 602. The van der Waals surface area contributed by atoms with Gasteiger partial charge in [-0.15, -0.1) is 9.78 Å². The molecule has 7 nitrogen and oxygen atoms in total. The van der Waals surface area contributed by atoms with Crippen LogP contribution in [0.25, 0.3) is 0 Å². The van der Waals surface area contributed by atoms with Gasteiger partial charge in [-0.25, -0.2) is 9.59 Å². The van der Waals surface area contributed by atoms with Crippen molar-refractivity contribution in [3.05, 3.63) is 85.0 Å². The van der Waals surface area contributed by atoms with Crippen LogP contribution in [-0.2, 0) is 24.3 Å². The first-order chi connectivity index (χ1) is 12.2. The minimum Gasteiger partial charge on any atom is -0.375 e. The van der Waals surface area contributed by atoms with Crippen molar-refractivity contribution in [2.24, 2.45) is 0 Å². The maximum Gasteiger partial charge on any atom is 0.373 e. The van der Waals surface area contributed by atoms with Crippen molar-refractivity contribution >= 4 is 11.9 Å². The lowest BCUT2D eigenvalue weighted by Gasteiger charge is -2.13. The summed E-state index contributed by atoms with van der Waals surface area (Å²) in [5.41, 5.74) is 0.558. The van der Waals surface area contributed by atoms with Crippen molar-refractivity contribution in [2.45, 2.75) is 0 Å². The van der Waals surface area contributed by atoms with Crippen molar-refractivity contribution in [2.75, 3.05) is 13.2 Å². The maximum absolute atomic E-state index is 11.8. The second-order valence-corrected chi connectivity index (χ2v) is 4.56. The molecule has 0 N–H and O–H groups in total. The second kappa shape index (κ2) is 10.2. The molecular formula is C18H16O7. The molecule has 0 heterocycles. The molecule has 2 aromatic carbocycles. The quantitative estimate of drug-likeness (QED) is 0.511. The summed E-state index contributed by atoms with van der Waals surface area (Å²) in [6.45, 7) is 3.35. The van der Waals surface area contributed by atoms with Crippen LogP contribution in [0.5, 0.6) is 0 Å². The normalized spacial score (nSPS) is 10.5. The number of hydrogen-bond acceptors (Lipinski definition) is 7. The van der Waals surface area contributed by atoms with Crippen LogP contribution in [0.3, 0.4) is 0 Å². The van der Waals surface area contributed by atoms with Gasteiger partial charge in [0.1, 0.15) is 6.61 Å². The molecule has 2 radical (unpaired) electrons. The zero-order valence-electron chi connectivity index (χ0n) is 13.3. The van der Waals surface area contributed by atoms with Crippen LogP contribution < -0.4 is 0 Å². The lowest BCUT2D eigenvalue weighted by atomic mass is 10.2. The van der Waals surface area contributed by atoms with Crippen molar-refractivity contribution in [1.82, 2.24) is 0 Å². The first-order valence-electron chi connectivity index (χ1n) is 7.31. The molecule has 0 aliphatic heterocycles. The summed E-state index contributed by atoms with van der Waals surface area (Å²) < 4.78 is 4.99. The molecule has 0 bridgehead atoms. The Kier molecular flexibility index (Phi) is 7.58. The summed E-state index contributed by atoms with van der Waals surface area (Å²) in [4.78, 5) is 42.4. The van der Waals surface area contributed by atoms with Gasteiger partial charge in [-0.1, -0.05) is 36.4 Å². The predicted molar refractivity (Wildman–Crippen MR) is 85.3 cm³/mol. The fourth-order valence-electron chi connectivity index (χ4n) is 1.63. The van der Waals surface area contributed by atoms with E-state index in [1.165, 1.54) is 0 Å². The van der Waals surface area contributed by atoms with E-state index in [1.54, 1.807) is 60.7 Å². The summed E-state index contributed by atoms with van der Waals surface area (Å²) in [5, 5.41) is 0. The average molecular weight is 344 g/mol. The Labute approximate surface area is 144 Å². The van der Waals surface area contributed by atoms with Crippen LogP contribution in [0.4, 0.5) is 0 Å². The highest BCUT2D eigenvalue weighted by Crippen LogP contribution is 2.12. The van der Waals surface area contributed by atoms with Gasteiger partial charge in [-0.2, -0.15) is 0 Å². The number of carbonyl (C=O) groups is 2. The molecule has 130 valence electrons. The minimum absolute atomic E-state index is 0.107. The van der Waals surface area contributed by atoms with E-state index in [4.69, 9.17) is 14.5 Å². The van der Waals surface area contributed by atoms with Gasteiger partial charge in [0, 0.05) is 6.61 Å². The van der Waals surface area contributed by atoms with E-state index in [9.17, 15) is 9.59 Å². The monoisotopic (exact) mass is 344 g/mol. The van der Waals surface area contributed by atoms with E-state index in [-0.39, 0.29) is 30.6 Å². The standard InChI is InChI=1S/C18H16O7/c1-2-21-13-16(22-24-17(19)14-9-5-3-6-10-14)23-25-18(20)15-11-7-4-8-12-15/h3-12H,1-2,13H2. The second-order valence-electron chi connectivity index (χ2n) is 4.56. The van der Waals surface area contributed by atoms with E-state index in [0.29, 0.717) is 0 Å². The molecule has 0 spiro atoms. The van der Waals surface area contributed by atoms with Gasteiger partial charge in [0.2, 0.25) is 0 Å². The third-order valence-electron chi connectivity index (χ3n) is 2.80. The van der Waals surface area contributed by atoms with Gasteiger partial charge in [0.25, 0.3) is 0 Å². The summed E-state index contributed by atoms with van der Waals surface area (Å²) >= 11 is 0. The maximum atomic E-state index is 11.8. The third-order valence-corrected chi connectivity index (χ3v) is 2.80. The van der Waals surface area contributed by atoms with Gasteiger partial charge in [0.15, 0.2) is 0 Å². The van der Waals surface area contributed by atoms with Crippen LogP contribution in [0.1, 0.15) is 20.7 Å². The molecule has 0 aliphatic carbocycles. The minimum atomic E-state index is -0.745. The molecule has 0 saturated heterocycles. The average Bonchev–Trinajstić information content (AvgIpc) is 2.68. The predicted octanol–water partition coefficient (Wildman–Crippen LogP) is 2.90. The molecule has 25 heavy (non-hydrogen) atoms. The molecule has 0 atom stereocenters. The van der Waals surface area contributed by atoms with Gasteiger partial charge in [0.05, 0.1) is 11.1 Å². The highest BCUT2D eigenvalue weighted by atomic mass is 17.3. The molecular weight excluding hydrogens is 328 g/mol. The molecule has 0 fully saturated rings. The number of hydrogen-bond donors (Lipinski definition) is 0. The van der Waals surface area contributed by atoms with E-state index in [1.807, 2.05) is 0 Å². The van der Waals surface area contributed by atoms with Crippen molar-refractivity contribution in [3.63, 3.8) is 0 Å². The van der Waals surface area contributed by atoms with Gasteiger partial charge in [-0.3, -0.25) is 9.78 Å². The van der Waals surface area contributed by atoms with Crippen molar-refractivity contribution in [3.8, 4) is 0 Å². The Hall–Kier alpha value is -2.74. The molecule has 2 rings (SSSR count). The Morgan fingerprint density at radius 1 is 0.720 bits per heavy atom. The molecule has 0 saturated carbocycles. The van der Waals surface area contributed by atoms with Crippen LogP contribution in [-0.4, -0.2) is 25.2 Å². The molecule has 0 amide bonds. The number of ether oxygens (including phenoxy) is 1. The first-order valence-corrected chi connectivity index (χ1v) is 7.31. The van der Waals surface area contributed by atoms with E-state index in [2.05, 4.69) is 16.7 Å². The van der Waals surface area contributed by atoms with Gasteiger partial charge < -0.3 is 4.74 Å². The van der Waals surface area contributed by atoms with Crippen LogP contribution in [0.2, 0.25) is 0 Å². The molecule has 2 aromatic rings. The van der Waals surface area contributed by atoms with Crippen molar-refractivity contribution < 1.29 is 33.9 Å². The smallest absolute Gasteiger partial charge is 0.373 e. The van der Waals surface area contributed by atoms with E-state index in [0.717, 1.165) is 0 Å². The SMILES string of the molecule is [CH2]COC[C](OOC(=O)c1ccccc1)OOC(=O)c1ccccc1. The zero-order valence-corrected chi connectivity index (χ0v) is 13.3. The van der Waals surface area contributed by atoms with Crippen LogP contribution in [0.15, 0.2) is 60.7 Å². The van der Waals surface area contributed by atoms with Crippen LogP contribution in [0, 0.1) is 13.2 Å². The Morgan fingerprint density at radius 3 is 1.56 bits per heavy atom. The summed E-state index contributed by atoms with van der Waals surface area (Å²) in [7, 11) is 0. The van der Waals surface area contributed by atoms with Gasteiger partial charge >= 0.3 is 18.2 Å². The van der Waals surface area contributed by atoms with Crippen molar-refractivity contribution in [1.29, 1.82) is 0 Å². The highest BCUT2D eigenvalue weighted by Gasteiger charge is 2.21. The molecule has 0 aromatic heterocycles. The largest absolute Gasteiger partial charge is 0.375 e. The molecule has 7 heteroatoms. The number of benzene rings is 2. The fraction of sp³-hybridized carbons (Fsp3) is 0.111. The zero-order chi connectivity index (χ0) is 17.9. The fourth-order valence-corrected chi connectivity index (χ4v) is 1.63. The lowest BCUT2D eigenvalue weighted by Crippen LogP contribution is -2.20. The summed E-state index contributed by atoms with van der Waals surface area (Å²) in [6.07, 6.45) is -0.364. The molecule has 0 aliphatic rings. The number of carbonyl (C=O) groups excluding carboxylic acids is 2. The van der Waals surface area contributed by atoms with Gasteiger partial charge in [-0.05, 0) is 31.2 Å². The topological polar surface area (TPSA) is 80.3 Å². The Balaban J connectivity index is 1.85.